The number of sulfone groups is 1. The monoisotopic (exact) mass is 276 g/mol. The van der Waals surface area contributed by atoms with E-state index in [1.54, 1.807) is 24.3 Å². The van der Waals surface area contributed by atoms with Crippen LogP contribution in [0, 0.1) is 0 Å². The minimum atomic E-state index is -3.14. The lowest BCUT2D eigenvalue weighted by Gasteiger charge is -2.09. The zero-order chi connectivity index (χ0) is 13.9. The summed E-state index contributed by atoms with van der Waals surface area (Å²) in [5.41, 5.74) is 8.45. The predicted octanol–water partition coefficient (Wildman–Crippen LogP) is 2.28. The molecule has 0 fully saturated rings. The number of hydrogen-bond donors (Lipinski definition) is 2. The van der Waals surface area contributed by atoms with Crippen LogP contribution in [0.3, 0.4) is 0 Å². The van der Waals surface area contributed by atoms with Crippen molar-refractivity contribution in [2.45, 2.75) is 11.4 Å². The minimum Gasteiger partial charge on any atom is -0.398 e. The van der Waals surface area contributed by atoms with Crippen molar-refractivity contribution in [3.05, 3.63) is 54.1 Å². The van der Waals surface area contributed by atoms with Crippen molar-refractivity contribution >= 4 is 21.2 Å². The van der Waals surface area contributed by atoms with E-state index in [0.29, 0.717) is 11.4 Å². The highest BCUT2D eigenvalue weighted by Gasteiger charge is 2.06. The number of nitrogens with one attached hydrogen (secondary N) is 1. The lowest BCUT2D eigenvalue weighted by atomic mass is 10.2. The first-order chi connectivity index (χ1) is 8.97. The molecule has 0 saturated heterocycles. The van der Waals surface area contributed by atoms with Gasteiger partial charge in [0.15, 0.2) is 9.84 Å². The molecule has 0 heterocycles. The lowest BCUT2D eigenvalue weighted by Crippen LogP contribution is -2.03. The molecular formula is C14H16N2O2S. The molecule has 0 aliphatic heterocycles. The summed E-state index contributed by atoms with van der Waals surface area (Å²) in [5.74, 6) is 0. The molecule has 0 amide bonds. The Bertz CT molecular complexity index is 664. The summed E-state index contributed by atoms with van der Waals surface area (Å²) < 4.78 is 22.7. The van der Waals surface area contributed by atoms with Gasteiger partial charge in [0, 0.05) is 24.2 Å². The van der Waals surface area contributed by atoms with Gasteiger partial charge in [0.05, 0.1) is 4.90 Å². The number of nitrogens with two attached hydrogens (primary N) is 1. The van der Waals surface area contributed by atoms with E-state index in [4.69, 9.17) is 5.73 Å². The first-order valence-corrected chi connectivity index (χ1v) is 7.73. The Hall–Kier alpha value is -2.01. The number of benzene rings is 2. The van der Waals surface area contributed by atoms with E-state index in [2.05, 4.69) is 5.32 Å². The number of anilines is 2. The van der Waals surface area contributed by atoms with Gasteiger partial charge >= 0.3 is 0 Å². The predicted molar refractivity (Wildman–Crippen MR) is 77.7 cm³/mol. The molecule has 2 aromatic carbocycles. The molecule has 19 heavy (non-hydrogen) atoms. The summed E-state index contributed by atoms with van der Waals surface area (Å²) in [5, 5.41) is 3.21. The standard InChI is InChI=1S/C14H16N2O2S/c1-19(17,18)13-8-6-12(7-9-13)16-10-11-4-2-3-5-14(11)15/h2-9,16H,10,15H2,1H3. The Morgan fingerprint density at radius 2 is 1.68 bits per heavy atom. The zero-order valence-electron chi connectivity index (χ0n) is 10.6. The van der Waals surface area contributed by atoms with Crippen LogP contribution in [0.5, 0.6) is 0 Å². The first kappa shape index (κ1) is 13.4. The van der Waals surface area contributed by atoms with E-state index in [1.807, 2.05) is 24.3 Å². The van der Waals surface area contributed by atoms with E-state index >= 15 is 0 Å². The van der Waals surface area contributed by atoms with Crippen LogP contribution in [-0.4, -0.2) is 14.7 Å². The van der Waals surface area contributed by atoms with E-state index < -0.39 is 9.84 Å². The Labute approximate surface area is 113 Å². The second-order valence-corrected chi connectivity index (χ2v) is 6.36. The third kappa shape index (κ3) is 3.48. The van der Waals surface area contributed by atoms with Crippen molar-refractivity contribution in [1.82, 2.24) is 0 Å². The normalized spacial score (nSPS) is 11.2. The third-order valence-corrected chi connectivity index (χ3v) is 3.95. The van der Waals surface area contributed by atoms with Gasteiger partial charge < -0.3 is 11.1 Å². The third-order valence-electron chi connectivity index (χ3n) is 2.82. The van der Waals surface area contributed by atoms with Gasteiger partial charge in [-0.05, 0) is 35.9 Å². The SMILES string of the molecule is CS(=O)(=O)c1ccc(NCc2ccccc2N)cc1. The molecule has 0 unspecified atom stereocenters. The van der Waals surface area contributed by atoms with Crippen LogP contribution >= 0.6 is 0 Å². The highest BCUT2D eigenvalue weighted by Crippen LogP contribution is 2.16. The summed E-state index contributed by atoms with van der Waals surface area (Å²) in [4.78, 5) is 0.317. The van der Waals surface area contributed by atoms with Gasteiger partial charge in [0.1, 0.15) is 0 Å². The van der Waals surface area contributed by atoms with E-state index in [9.17, 15) is 8.42 Å². The summed E-state index contributed by atoms with van der Waals surface area (Å²) >= 11 is 0. The second-order valence-electron chi connectivity index (χ2n) is 4.35. The van der Waals surface area contributed by atoms with Crippen LogP contribution in [0.4, 0.5) is 11.4 Å². The molecule has 0 spiro atoms. The molecule has 0 saturated carbocycles. The molecular weight excluding hydrogens is 260 g/mol. The smallest absolute Gasteiger partial charge is 0.175 e. The van der Waals surface area contributed by atoms with E-state index in [-0.39, 0.29) is 0 Å². The molecule has 0 atom stereocenters. The summed E-state index contributed by atoms with van der Waals surface area (Å²) in [7, 11) is -3.14. The van der Waals surface area contributed by atoms with Crippen molar-refractivity contribution in [1.29, 1.82) is 0 Å². The summed E-state index contributed by atoms with van der Waals surface area (Å²) in [6.07, 6.45) is 1.19. The van der Waals surface area contributed by atoms with Crippen LogP contribution in [-0.2, 0) is 16.4 Å². The second kappa shape index (κ2) is 5.32. The summed E-state index contributed by atoms with van der Waals surface area (Å²) in [6.45, 7) is 0.602. The fourth-order valence-corrected chi connectivity index (χ4v) is 2.34. The zero-order valence-corrected chi connectivity index (χ0v) is 11.4. The molecule has 2 rings (SSSR count). The average molecular weight is 276 g/mol. The van der Waals surface area contributed by atoms with Crippen molar-refractivity contribution in [2.24, 2.45) is 0 Å². The van der Waals surface area contributed by atoms with Gasteiger partial charge in [-0.15, -0.1) is 0 Å². The van der Waals surface area contributed by atoms with E-state index in [0.717, 1.165) is 16.9 Å². The fourth-order valence-electron chi connectivity index (χ4n) is 1.71. The first-order valence-electron chi connectivity index (χ1n) is 5.84. The van der Waals surface area contributed by atoms with Crippen LogP contribution in [0.1, 0.15) is 5.56 Å². The fraction of sp³-hybridized carbons (Fsp3) is 0.143. The maximum Gasteiger partial charge on any atom is 0.175 e. The van der Waals surface area contributed by atoms with Gasteiger partial charge in [-0.2, -0.15) is 0 Å². The van der Waals surface area contributed by atoms with Gasteiger partial charge in [-0.1, -0.05) is 18.2 Å². The van der Waals surface area contributed by atoms with Crippen LogP contribution in [0.15, 0.2) is 53.4 Å². The van der Waals surface area contributed by atoms with Crippen molar-refractivity contribution in [2.75, 3.05) is 17.3 Å². The number of rotatable bonds is 4. The van der Waals surface area contributed by atoms with Gasteiger partial charge in [-0.3, -0.25) is 0 Å². The highest BCUT2D eigenvalue weighted by atomic mass is 32.2. The van der Waals surface area contributed by atoms with Crippen LogP contribution < -0.4 is 11.1 Å². The summed E-state index contributed by atoms with van der Waals surface area (Å²) in [6, 6.07) is 14.3. The molecule has 4 nitrogen and oxygen atoms in total. The maximum atomic E-state index is 11.3. The Morgan fingerprint density at radius 3 is 2.26 bits per heavy atom. The highest BCUT2D eigenvalue weighted by molar-refractivity contribution is 7.90. The lowest BCUT2D eigenvalue weighted by molar-refractivity contribution is 0.602. The van der Waals surface area contributed by atoms with E-state index in [1.165, 1.54) is 6.26 Å². The average Bonchev–Trinajstić information content (AvgIpc) is 2.37. The van der Waals surface area contributed by atoms with Crippen molar-refractivity contribution in [3.8, 4) is 0 Å². The van der Waals surface area contributed by atoms with Crippen molar-refractivity contribution in [3.63, 3.8) is 0 Å². The quantitative estimate of drug-likeness (QED) is 0.840. The maximum absolute atomic E-state index is 11.3. The minimum absolute atomic E-state index is 0.317. The molecule has 100 valence electrons. The van der Waals surface area contributed by atoms with Gasteiger partial charge in [-0.25, -0.2) is 8.42 Å². The largest absolute Gasteiger partial charge is 0.398 e. The van der Waals surface area contributed by atoms with Gasteiger partial charge in [0.25, 0.3) is 0 Å². The molecule has 0 aromatic heterocycles. The molecule has 0 aliphatic carbocycles. The van der Waals surface area contributed by atoms with Crippen LogP contribution in [0.2, 0.25) is 0 Å². The molecule has 0 radical (unpaired) electrons. The van der Waals surface area contributed by atoms with Crippen molar-refractivity contribution < 1.29 is 8.42 Å². The number of nitrogen functional groups attached to an aromatic ring is 1. The number of hydrogen-bond acceptors (Lipinski definition) is 4. The molecule has 0 bridgehead atoms. The number of para-hydroxylation sites is 1. The Morgan fingerprint density at radius 1 is 1.05 bits per heavy atom. The molecule has 2 aromatic rings. The molecule has 3 N–H and O–H groups in total. The Balaban J connectivity index is 2.07. The topological polar surface area (TPSA) is 72.2 Å². The van der Waals surface area contributed by atoms with Crippen LogP contribution in [0.25, 0.3) is 0 Å². The van der Waals surface area contributed by atoms with Gasteiger partial charge in [0.2, 0.25) is 0 Å². The Kier molecular flexibility index (Phi) is 3.76. The molecule has 5 heteroatoms. The molecule has 0 aliphatic rings.